The Hall–Kier alpha value is 2.73. The second-order valence-electron chi connectivity index (χ2n) is 0.350. The molecule has 0 spiro atoms. The average molecular weight is 329 g/mol. The maximum absolute atomic E-state index is 5.02. The van der Waals surface area contributed by atoms with Crippen LogP contribution in [0.1, 0.15) is 0 Å². The van der Waals surface area contributed by atoms with E-state index in [-0.39, 0.29) is 26.2 Å². The molecule has 0 aliphatic carbocycles. The zero-order valence-corrected chi connectivity index (χ0v) is 9.91. The van der Waals surface area contributed by atoms with E-state index in [2.05, 4.69) is 0 Å². The van der Waals surface area contributed by atoms with Crippen LogP contribution in [0, 0.1) is 0 Å². The van der Waals surface area contributed by atoms with Crippen LogP contribution >= 0.6 is 37.7 Å². The molecule has 0 nitrogen and oxygen atoms in total. The fraction of sp³-hybridized carbons (Fsp3) is 0. The minimum atomic E-state index is -3.13. The van der Waals surface area contributed by atoms with E-state index in [1.54, 1.807) is 0 Å². The number of hydrogen-bond acceptors (Lipinski definition) is 0. The summed E-state index contributed by atoms with van der Waals surface area (Å²) in [6.45, 7) is 0. The van der Waals surface area contributed by atoms with Crippen molar-refractivity contribution in [1.82, 2.24) is 0 Å². The van der Waals surface area contributed by atoms with E-state index in [1.807, 2.05) is 0 Å². The zero-order valence-electron chi connectivity index (χ0n) is 2.42. The summed E-state index contributed by atoms with van der Waals surface area (Å²) in [5.74, 6) is 0. The third-order valence-electron chi connectivity index (χ3n) is 0. The average Bonchev–Trinajstić information content (AvgIpc) is 0.722. The first-order valence-corrected chi connectivity index (χ1v) is 11.0. The van der Waals surface area contributed by atoms with Gasteiger partial charge in [-0.25, -0.2) is 0 Å². The maximum Gasteiger partial charge on any atom is 0 e. The predicted molar refractivity (Wildman–Crippen MR) is 23.4 cm³/mol. The molecule has 0 atom stereocenters. The van der Waals surface area contributed by atoms with E-state index < -0.39 is 11.9 Å². The van der Waals surface area contributed by atoms with E-state index in [4.69, 9.17) is 37.7 Å². The molecule has 0 saturated carbocycles. The third-order valence-corrected chi connectivity index (χ3v) is 0. The number of halogens is 4. The molecule has 0 aromatic carbocycles. The summed E-state index contributed by atoms with van der Waals surface area (Å²) in [6.07, 6.45) is 0. The fourth-order valence-electron chi connectivity index (χ4n) is 0. The largest absolute Gasteiger partial charge is 0 e. The summed E-state index contributed by atoms with van der Waals surface area (Å²) in [5.41, 5.74) is 0. The fourth-order valence-corrected chi connectivity index (χ4v) is 0. The van der Waals surface area contributed by atoms with Gasteiger partial charge in [0.25, 0.3) is 0 Å². The molecular formula is Cl4MoZr. The smallest absolute Gasteiger partial charge is 0 e. The van der Waals surface area contributed by atoms with Gasteiger partial charge in [0.05, 0.1) is 0 Å². The summed E-state index contributed by atoms with van der Waals surface area (Å²) >= 11 is -3.13. The van der Waals surface area contributed by atoms with Crippen molar-refractivity contribution in [2.75, 3.05) is 0 Å². The van der Waals surface area contributed by atoms with Gasteiger partial charge in [-0.1, -0.05) is 0 Å². The SMILES string of the molecule is [Cl][Mo]([Cl])([Cl])[Cl].[Zr]. The van der Waals surface area contributed by atoms with E-state index in [0.717, 1.165) is 0 Å². The first kappa shape index (κ1) is 11.5. The standard InChI is InChI=1S/4ClH.Mo.Zr/h4*1H;;/q;;;;+4;/p-4. The van der Waals surface area contributed by atoms with Gasteiger partial charge in [0.15, 0.2) is 0 Å². The molecule has 0 aliphatic heterocycles. The zero-order chi connectivity index (χ0) is 4.50. The molecule has 0 aromatic rings. The van der Waals surface area contributed by atoms with Crippen molar-refractivity contribution >= 4 is 37.7 Å². The van der Waals surface area contributed by atoms with E-state index in [1.165, 1.54) is 0 Å². The maximum atomic E-state index is 5.02. The van der Waals surface area contributed by atoms with Crippen molar-refractivity contribution in [3.8, 4) is 0 Å². The molecule has 0 radical (unpaired) electrons. The van der Waals surface area contributed by atoms with Gasteiger partial charge in [-0.2, -0.15) is 0 Å². The molecule has 6 heteroatoms. The summed E-state index contributed by atoms with van der Waals surface area (Å²) in [6, 6.07) is 0. The quantitative estimate of drug-likeness (QED) is 0.600. The van der Waals surface area contributed by atoms with Crippen LogP contribution in [0.3, 0.4) is 0 Å². The summed E-state index contributed by atoms with van der Waals surface area (Å²) < 4.78 is 0. The third kappa shape index (κ3) is 29.6. The second-order valence-corrected chi connectivity index (χ2v) is 18.6. The number of rotatable bonds is 0. The van der Waals surface area contributed by atoms with Gasteiger partial charge in [0.2, 0.25) is 0 Å². The molecule has 0 rings (SSSR count). The van der Waals surface area contributed by atoms with Crippen molar-refractivity contribution in [3.63, 3.8) is 0 Å². The van der Waals surface area contributed by atoms with Gasteiger partial charge in [-0.3, -0.25) is 0 Å². The Morgan fingerprint density at radius 2 is 0.833 bits per heavy atom. The van der Waals surface area contributed by atoms with Crippen LogP contribution in [0.25, 0.3) is 0 Å². The van der Waals surface area contributed by atoms with Gasteiger partial charge in [-0.05, 0) is 0 Å². The van der Waals surface area contributed by atoms with Crippen molar-refractivity contribution in [1.29, 1.82) is 0 Å². The molecule has 0 amide bonds. The predicted octanol–water partition coefficient (Wildman–Crippen LogP) is 2.75. The molecule has 38 valence electrons. The normalized spacial score (nSPS) is 12.7. The van der Waals surface area contributed by atoms with Crippen LogP contribution in [-0.2, 0) is 38.1 Å². The molecule has 0 saturated heterocycles. The van der Waals surface area contributed by atoms with Crippen LogP contribution < -0.4 is 0 Å². The first-order chi connectivity index (χ1) is 2.00. The Kier molecular flexibility index (Phi) is 8.82. The minimum absolute atomic E-state index is 0. The van der Waals surface area contributed by atoms with Gasteiger partial charge >= 0.3 is 49.6 Å². The molecule has 0 aromatic heterocycles. The van der Waals surface area contributed by atoms with Crippen LogP contribution in [-0.4, -0.2) is 0 Å². The van der Waals surface area contributed by atoms with Crippen molar-refractivity contribution in [2.24, 2.45) is 0 Å². The van der Waals surface area contributed by atoms with Crippen molar-refractivity contribution in [3.05, 3.63) is 0 Å². The Bertz CT molecular complexity index is 23.0. The Labute approximate surface area is 74.5 Å². The summed E-state index contributed by atoms with van der Waals surface area (Å²) in [4.78, 5) is 0. The first-order valence-electron chi connectivity index (χ1n) is 0.617. The second kappa shape index (κ2) is 4.60. The van der Waals surface area contributed by atoms with Crippen LogP contribution in [0.5, 0.6) is 0 Å². The molecule has 0 N–H and O–H groups in total. The van der Waals surface area contributed by atoms with Gasteiger partial charge in [0.1, 0.15) is 0 Å². The summed E-state index contributed by atoms with van der Waals surface area (Å²) in [7, 11) is 20.1. The molecule has 0 heterocycles. The van der Waals surface area contributed by atoms with Crippen molar-refractivity contribution < 1.29 is 38.1 Å². The Balaban J connectivity index is 0. The van der Waals surface area contributed by atoms with Gasteiger partial charge in [0, 0.05) is 26.2 Å². The Morgan fingerprint density at radius 1 is 0.833 bits per heavy atom. The van der Waals surface area contributed by atoms with Crippen LogP contribution in [0.2, 0.25) is 0 Å². The molecule has 6 heavy (non-hydrogen) atoms. The molecular weight excluding hydrogens is 329 g/mol. The van der Waals surface area contributed by atoms with E-state index >= 15 is 0 Å². The Morgan fingerprint density at radius 3 is 0.833 bits per heavy atom. The topological polar surface area (TPSA) is 0 Å². The molecule has 0 fully saturated rings. The van der Waals surface area contributed by atoms with Crippen molar-refractivity contribution in [2.45, 2.75) is 0 Å². The molecule has 0 bridgehead atoms. The van der Waals surface area contributed by atoms with Gasteiger partial charge < -0.3 is 0 Å². The van der Waals surface area contributed by atoms with Crippen LogP contribution in [0.4, 0.5) is 0 Å². The molecule has 0 unspecified atom stereocenters. The van der Waals surface area contributed by atoms with E-state index in [9.17, 15) is 0 Å². The summed E-state index contributed by atoms with van der Waals surface area (Å²) in [5, 5.41) is 0. The van der Waals surface area contributed by atoms with Gasteiger partial charge in [-0.15, -0.1) is 0 Å². The minimum Gasteiger partial charge on any atom is 0 e. The monoisotopic (exact) mass is 328 g/mol. The molecule has 0 aliphatic rings. The van der Waals surface area contributed by atoms with Crippen LogP contribution in [0.15, 0.2) is 0 Å². The van der Waals surface area contributed by atoms with E-state index in [0.29, 0.717) is 0 Å². The number of hydrogen-bond donors (Lipinski definition) is 0.